The molecule has 2 aromatic carbocycles. The average Bonchev–Trinajstić information content (AvgIpc) is 3.78. The van der Waals surface area contributed by atoms with E-state index in [0.717, 1.165) is 49.7 Å². The summed E-state index contributed by atoms with van der Waals surface area (Å²) >= 11 is 0. The van der Waals surface area contributed by atoms with Crippen LogP contribution in [0.4, 0.5) is 4.79 Å². The highest BCUT2D eigenvalue weighted by Crippen LogP contribution is 2.37. The van der Waals surface area contributed by atoms with Gasteiger partial charge >= 0.3 is 6.09 Å². The van der Waals surface area contributed by atoms with Gasteiger partial charge in [0.1, 0.15) is 29.2 Å². The number of nitriles is 1. The number of hydrogen-bond acceptors (Lipinski definition) is 9. The summed E-state index contributed by atoms with van der Waals surface area (Å²) in [5, 5.41) is 15.3. The molecule has 55 heavy (non-hydrogen) atoms. The molecule has 4 aliphatic heterocycles. The minimum atomic E-state index is -0.759. The summed E-state index contributed by atoms with van der Waals surface area (Å²) in [4.78, 5) is 67.8. The minimum absolute atomic E-state index is 0.0614. The predicted molar refractivity (Wildman–Crippen MR) is 202 cm³/mol. The molecule has 294 valence electrons. The van der Waals surface area contributed by atoms with Crippen LogP contribution in [-0.2, 0) is 23.9 Å². The number of fused-ring (bicyclic) bond motifs is 1. The lowest BCUT2D eigenvalue weighted by molar-refractivity contribution is -0.146. The second-order valence-electron chi connectivity index (χ2n) is 16.1. The Labute approximate surface area is 323 Å². The van der Waals surface area contributed by atoms with Crippen LogP contribution < -0.4 is 20.1 Å². The zero-order valence-corrected chi connectivity index (χ0v) is 32.1. The fourth-order valence-corrected chi connectivity index (χ4v) is 8.25. The van der Waals surface area contributed by atoms with Gasteiger partial charge in [-0.2, -0.15) is 5.26 Å². The third kappa shape index (κ3) is 9.96. The van der Waals surface area contributed by atoms with Crippen molar-refractivity contribution in [1.29, 1.82) is 5.26 Å². The molecular formula is C42H53N5O8. The molecule has 13 nitrogen and oxygen atoms in total. The Morgan fingerprint density at radius 1 is 0.891 bits per heavy atom. The Bertz CT molecular complexity index is 1770. The van der Waals surface area contributed by atoms with Crippen LogP contribution in [-0.4, -0.2) is 89.6 Å². The van der Waals surface area contributed by atoms with E-state index < -0.39 is 29.7 Å². The molecule has 2 N–H and O–H groups in total. The van der Waals surface area contributed by atoms with Crippen molar-refractivity contribution in [2.45, 2.75) is 121 Å². The summed E-state index contributed by atoms with van der Waals surface area (Å²) < 4.78 is 17.4. The van der Waals surface area contributed by atoms with Gasteiger partial charge < -0.3 is 29.3 Å². The van der Waals surface area contributed by atoms with Crippen LogP contribution in [0.5, 0.6) is 11.5 Å². The normalized spacial score (nSPS) is 25.6. The van der Waals surface area contributed by atoms with Crippen molar-refractivity contribution in [2.24, 2.45) is 5.92 Å². The van der Waals surface area contributed by atoms with E-state index >= 15 is 0 Å². The number of nitrogens with zero attached hydrogens (tertiary/aromatic N) is 3. The van der Waals surface area contributed by atoms with E-state index in [9.17, 15) is 29.2 Å². The first kappa shape index (κ1) is 39.6. The largest absolute Gasteiger partial charge is 0.494 e. The topological polar surface area (TPSA) is 167 Å². The first-order valence-corrected chi connectivity index (χ1v) is 19.7. The Hall–Kier alpha value is -5.12. The minimum Gasteiger partial charge on any atom is -0.494 e. The number of amides is 5. The number of carbonyl (C=O) groups excluding carboxylic acids is 5. The quantitative estimate of drug-likeness (QED) is 0.227. The number of ether oxygens (including phenoxy) is 3. The highest BCUT2D eigenvalue weighted by atomic mass is 16.6. The molecule has 1 unspecified atom stereocenters. The van der Waals surface area contributed by atoms with E-state index in [2.05, 4.69) is 16.7 Å². The molecule has 4 heterocycles. The number of imide groups is 1. The maximum atomic E-state index is 14.1. The van der Waals surface area contributed by atoms with Gasteiger partial charge in [-0.3, -0.25) is 24.5 Å². The second-order valence-corrected chi connectivity index (χ2v) is 16.1. The number of carbonyl (C=O) groups is 5. The van der Waals surface area contributed by atoms with E-state index in [1.54, 1.807) is 30.6 Å². The van der Waals surface area contributed by atoms with Crippen molar-refractivity contribution in [1.82, 2.24) is 20.4 Å². The van der Waals surface area contributed by atoms with Crippen molar-refractivity contribution < 1.29 is 38.2 Å². The molecule has 13 heteroatoms. The first-order chi connectivity index (χ1) is 26.4. The van der Waals surface area contributed by atoms with Gasteiger partial charge in [-0.05, 0) is 101 Å². The highest BCUT2D eigenvalue weighted by Gasteiger charge is 2.47. The maximum absolute atomic E-state index is 14.1. The van der Waals surface area contributed by atoms with Crippen LogP contribution >= 0.6 is 0 Å². The third-order valence-electron chi connectivity index (χ3n) is 11.0. The number of likely N-dealkylation sites (tertiary alicyclic amines) is 1. The molecule has 0 aliphatic carbocycles. The van der Waals surface area contributed by atoms with Gasteiger partial charge in [0, 0.05) is 31.5 Å². The van der Waals surface area contributed by atoms with Crippen LogP contribution in [0.25, 0.3) is 0 Å². The monoisotopic (exact) mass is 755 g/mol. The molecule has 2 aromatic rings. The number of rotatable bonds is 11. The molecule has 5 amide bonds. The number of nitrogens with one attached hydrogen (secondary N) is 2. The highest BCUT2D eigenvalue weighted by molar-refractivity contribution is 6.01. The lowest BCUT2D eigenvalue weighted by Crippen LogP contribution is -2.57. The number of piperidine rings is 1. The van der Waals surface area contributed by atoms with Gasteiger partial charge in [0.05, 0.1) is 31.1 Å². The summed E-state index contributed by atoms with van der Waals surface area (Å²) in [5.74, 6) is -0.398. The summed E-state index contributed by atoms with van der Waals surface area (Å²) in [6, 6.07) is 16.1. The molecule has 0 radical (unpaired) electrons. The zero-order valence-electron chi connectivity index (χ0n) is 32.1. The molecule has 0 saturated carbocycles. The van der Waals surface area contributed by atoms with Crippen LogP contribution in [0, 0.1) is 17.2 Å². The predicted octanol–water partition coefficient (Wildman–Crippen LogP) is 5.34. The van der Waals surface area contributed by atoms with Crippen LogP contribution in [0.15, 0.2) is 48.5 Å². The van der Waals surface area contributed by atoms with Crippen molar-refractivity contribution in [2.75, 3.05) is 26.3 Å². The Balaban J connectivity index is 0.989. The molecule has 6 atom stereocenters. The fourth-order valence-electron chi connectivity index (χ4n) is 8.25. The van der Waals surface area contributed by atoms with Crippen LogP contribution in [0.1, 0.15) is 108 Å². The molecule has 4 aliphatic rings. The van der Waals surface area contributed by atoms with E-state index in [-0.39, 0.29) is 48.1 Å². The smallest absolute Gasteiger partial charge is 0.408 e. The summed E-state index contributed by atoms with van der Waals surface area (Å²) in [5.41, 5.74) is 1.09. The van der Waals surface area contributed by atoms with Gasteiger partial charge in [-0.15, -0.1) is 0 Å². The molecular weight excluding hydrogens is 702 g/mol. The van der Waals surface area contributed by atoms with E-state index in [1.807, 2.05) is 48.5 Å². The van der Waals surface area contributed by atoms with Crippen molar-refractivity contribution in [3.63, 3.8) is 0 Å². The second kappa shape index (κ2) is 17.6. The summed E-state index contributed by atoms with van der Waals surface area (Å²) in [6.07, 6.45) is 6.03. The molecule has 6 rings (SSSR count). The van der Waals surface area contributed by atoms with Gasteiger partial charge in [-0.25, -0.2) is 4.79 Å². The summed E-state index contributed by atoms with van der Waals surface area (Å²) in [6.45, 7) is 6.96. The molecule has 0 bridgehead atoms. The first-order valence-electron chi connectivity index (χ1n) is 19.7. The lowest BCUT2D eigenvalue weighted by Gasteiger charge is -2.36. The Kier molecular flexibility index (Phi) is 12.6. The van der Waals surface area contributed by atoms with Gasteiger partial charge in [-0.1, -0.05) is 37.1 Å². The van der Waals surface area contributed by atoms with E-state index in [4.69, 9.17) is 14.2 Å². The molecule has 0 spiro atoms. The summed E-state index contributed by atoms with van der Waals surface area (Å²) in [7, 11) is 0. The third-order valence-corrected chi connectivity index (χ3v) is 11.0. The molecule has 0 aromatic heterocycles. The number of hydrogen-bond donors (Lipinski definition) is 2. The Morgan fingerprint density at radius 3 is 2.33 bits per heavy atom. The van der Waals surface area contributed by atoms with E-state index in [1.165, 1.54) is 0 Å². The van der Waals surface area contributed by atoms with Crippen molar-refractivity contribution in [3.8, 4) is 17.6 Å². The van der Waals surface area contributed by atoms with Crippen molar-refractivity contribution in [3.05, 3.63) is 59.7 Å². The van der Waals surface area contributed by atoms with Gasteiger partial charge in [0.25, 0.3) is 0 Å². The average molecular weight is 756 g/mol. The van der Waals surface area contributed by atoms with Gasteiger partial charge in [0.15, 0.2) is 0 Å². The molecule has 4 fully saturated rings. The standard InChI is InChI=1S/C42H53N5O8/c1-42(2,3)55-41(52)44-35-12-5-4-10-30-15-19-36(47(30)39(35)50)40(51)46-25-29(24-43)34(26-46)28-9-8-11-32(23-28)54-22-7-6-21-53-31-16-13-27(14-17-31)33-18-20-37(48)45-38(33)49/h8-9,11,13-14,16-17,23,29-30,33-36H,4-7,10,12,15,18-22,25-26H2,1-3H3,(H,44,52)(H,45,48,49)/t29-,30+,33?,34+,35+,36+/m1/s1. The SMILES string of the molecule is CC(C)(C)OC(=O)N[C@H]1CCCC[C@H]2CC[C@@H](C(=O)N3C[C@@H](C#N)[C@H](c4cccc(OCCCCOc5ccc(C6CCC(=O)NC6=O)cc5)c4)C3)N2C1=O. The van der Waals surface area contributed by atoms with E-state index in [0.29, 0.717) is 56.9 Å². The fraction of sp³-hybridized carbons (Fsp3) is 0.571. The van der Waals surface area contributed by atoms with Crippen LogP contribution in [0.3, 0.4) is 0 Å². The molecule has 4 saturated heterocycles. The maximum Gasteiger partial charge on any atom is 0.408 e. The Morgan fingerprint density at radius 2 is 1.62 bits per heavy atom. The number of unbranched alkanes of at least 4 members (excludes halogenated alkanes) is 1. The van der Waals surface area contributed by atoms with Crippen LogP contribution in [0.2, 0.25) is 0 Å². The number of benzene rings is 2. The lowest BCUT2D eigenvalue weighted by atomic mass is 9.90. The number of alkyl carbamates (subject to hydrolysis) is 1. The zero-order chi connectivity index (χ0) is 39.1. The van der Waals surface area contributed by atoms with Gasteiger partial charge in [0.2, 0.25) is 23.6 Å². The van der Waals surface area contributed by atoms with Crippen molar-refractivity contribution >= 4 is 29.7 Å².